The molecule has 180 valence electrons. The van der Waals surface area contributed by atoms with Gasteiger partial charge >= 0.3 is 6.18 Å². The first-order valence-electron chi connectivity index (χ1n) is 10.5. The number of hydrogen-bond acceptors (Lipinski definition) is 7. The molecule has 0 radical (unpaired) electrons. The van der Waals surface area contributed by atoms with Gasteiger partial charge < -0.3 is 11.1 Å². The second-order valence-electron chi connectivity index (χ2n) is 8.76. The number of carbonyl (C=O) groups is 2. The van der Waals surface area contributed by atoms with Crippen molar-refractivity contribution >= 4 is 18.0 Å². The number of alkyl halides is 3. The standard InChI is InChI=1S/C16H25N5O2.C6H4F3N/c1-16(2,3)20-15(23)11-4-6-21(7-5-11)9-12-8-13(17)19-14(10-22)18-12;7-6(8,9)5-3-1-2-4-10-5/h8,10-11H,4-7,9H2,1-3H3,(H,20,23)(H2,17,18,19);1-4H. The first kappa shape index (κ1) is 26.2. The van der Waals surface area contributed by atoms with Crippen LogP contribution in [0.1, 0.15) is 55.6 Å². The number of hydrogen-bond donors (Lipinski definition) is 2. The van der Waals surface area contributed by atoms with Crippen molar-refractivity contribution in [1.82, 2.24) is 25.2 Å². The number of amides is 1. The van der Waals surface area contributed by atoms with Gasteiger partial charge in [-0.2, -0.15) is 13.2 Å². The number of nitrogens with zero attached hydrogens (tertiary/aromatic N) is 4. The minimum Gasteiger partial charge on any atom is -0.384 e. The highest BCUT2D eigenvalue weighted by molar-refractivity contribution is 5.79. The molecule has 0 spiro atoms. The van der Waals surface area contributed by atoms with Gasteiger partial charge in [-0.05, 0) is 58.8 Å². The fourth-order valence-electron chi connectivity index (χ4n) is 3.26. The van der Waals surface area contributed by atoms with Crippen LogP contribution in [0.2, 0.25) is 0 Å². The number of nitrogens with two attached hydrogens (primary N) is 1. The molecule has 0 bridgehead atoms. The lowest BCUT2D eigenvalue weighted by Gasteiger charge is -2.32. The van der Waals surface area contributed by atoms with Crippen molar-refractivity contribution in [3.8, 4) is 0 Å². The molecule has 3 rings (SSSR count). The molecule has 1 amide bonds. The number of rotatable bonds is 4. The molecule has 0 aromatic carbocycles. The van der Waals surface area contributed by atoms with E-state index in [1.165, 1.54) is 12.1 Å². The van der Waals surface area contributed by atoms with Gasteiger partial charge in [0, 0.05) is 30.3 Å². The summed E-state index contributed by atoms with van der Waals surface area (Å²) in [4.78, 5) is 36.4. The molecule has 8 nitrogen and oxygen atoms in total. The van der Waals surface area contributed by atoms with Gasteiger partial charge in [-0.15, -0.1) is 0 Å². The highest BCUT2D eigenvalue weighted by atomic mass is 19.4. The summed E-state index contributed by atoms with van der Waals surface area (Å²) >= 11 is 0. The minimum absolute atomic E-state index is 0.0616. The lowest BCUT2D eigenvalue weighted by atomic mass is 9.94. The maximum absolute atomic E-state index is 12.2. The Labute approximate surface area is 190 Å². The van der Waals surface area contributed by atoms with Crippen LogP contribution in [0.25, 0.3) is 0 Å². The van der Waals surface area contributed by atoms with Gasteiger partial charge in [0.05, 0.1) is 5.69 Å². The van der Waals surface area contributed by atoms with Crippen molar-refractivity contribution in [2.45, 2.75) is 51.9 Å². The van der Waals surface area contributed by atoms with Crippen molar-refractivity contribution in [2.24, 2.45) is 5.92 Å². The minimum atomic E-state index is -4.32. The van der Waals surface area contributed by atoms with Crippen molar-refractivity contribution in [1.29, 1.82) is 0 Å². The zero-order valence-corrected chi connectivity index (χ0v) is 18.9. The number of aldehydes is 1. The Kier molecular flexibility index (Phi) is 8.86. The molecular formula is C22H29F3N6O2. The summed E-state index contributed by atoms with van der Waals surface area (Å²) in [6.07, 6.45) is -0.959. The average Bonchev–Trinajstić information content (AvgIpc) is 2.73. The molecule has 33 heavy (non-hydrogen) atoms. The number of halogens is 3. The Bertz CT molecular complexity index is 924. The Balaban J connectivity index is 0.000000321. The van der Waals surface area contributed by atoms with Crippen molar-refractivity contribution in [3.05, 3.63) is 47.7 Å². The van der Waals surface area contributed by atoms with Crippen molar-refractivity contribution < 1.29 is 22.8 Å². The van der Waals surface area contributed by atoms with E-state index in [0.717, 1.165) is 43.9 Å². The highest BCUT2D eigenvalue weighted by Gasteiger charge is 2.31. The Hall–Kier alpha value is -3.08. The molecule has 1 aliphatic heterocycles. The second kappa shape index (κ2) is 11.2. The third kappa shape index (κ3) is 9.13. The lowest BCUT2D eigenvalue weighted by molar-refractivity contribution is -0.141. The first-order valence-corrected chi connectivity index (χ1v) is 10.5. The first-order chi connectivity index (χ1) is 15.4. The number of anilines is 1. The molecular weight excluding hydrogens is 437 g/mol. The average molecular weight is 467 g/mol. The number of piperidine rings is 1. The van der Waals surface area contributed by atoms with Crippen LogP contribution in [0.3, 0.4) is 0 Å². The molecule has 0 saturated carbocycles. The molecule has 0 unspecified atom stereocenters. The summed E-state index contributed by atoms with van der Waals surface area (Å²) < 4.78 is 35.2. The van der Waals surface area contributed by atoms with Gasteiger partial charge in [-0.3, -0.25) is 19.5 Å². The van der Waals surface area contributed by atoms with Crippen molar-refractivity contribution in [2.75, 3.05) is 18.8 Å². The van der Waals surface area contributed by atoms with Crippen LogP contribution in [0, 0.1) is 5.92 Å². The van der Waals surface area contributed by atoms with Crippen LogP contribution in [-0.2, 0) is 17.5 Å². The van der Waals surface area contributed by atoms with E-state index in [0.29, 0.717) is 18.6 Å². The predicted molar refractivity (Wildman–Crippen MR) is 117 cm³/mol. The van der Waals surface area contributed by atoms with E-state index in [-0.39, 0.29) is 23.2 Å². The van der Waals surface area contributed by atoms with E-state index < -0.39 is 11.9 Å². The summed E-state index contributed by atoms with van der Waals surface area (Å²) in [6.45, 7) is 8.23. The van der Waals surface area contributed by atoms with E-state index in [1.807, 2.05) is 20.8 Å². The van der Waals surface area contributed by atoms with E-state index in [1.54, 1.807) is 6.07 Å². The zero-order valence-electron chi connectivity index (χ0n) is 18.9. The second-order valence-corrected chi connectivity index (χ2v) is 8.76. The molecule has 3 heterocycles. The monoisotopic (exact) mass is 466 g/mol. The Morgan fingerprint density at radius 1 is 1.21 bits per heavy atom. The maximum Gasteiger partial charge on any atom is 0.433 e. The SMILES string of the molecule is CC(C)(C)NC(=O)C1CCN(Cc2cc(N)nc(C=O)n2)CC1.FC(F)(F)c1ccccn1. The van der Waals surface area contributed by atoms with E-state index >= 15 is 0 Å². The number of aromatic nitrogens is 3. The number of likely N-dealkylation sites (tertiary alicyclic amines) is 1. The van der Waals surface area contributed by atoms with Gasteiger partial charge in [0.25, 0.3) is 0 Å². The smallest absolute Gasteiger partial charge is 0.384 e. The van der Waals surface area contributed by atoms with E-state index in [4.69, 9.17) is 5.73 Å². The molecule has 11 heteroatoms. The lowest BCUT2D eigenvalue weighted by Crippen LogP contribution is -2.46. The summed E-state index contributed by atoms with van der Waals surface area (Å²) in [5, 5.41) is 3.04. The third-order valence-electron chi connectivity index (χ3n) is 4.72. The molecule has 1 fully saturated rings. The maximum atomic E-state index is 12.2. The summed E-state index contributed by atoms with van der Waals surface area (Å²) in [5.41, 5.74) is 5.36. The molecule has 3 N–H and O–H groups in total. The summed E-state index contributed by atoms with van der Waals surface area (Å²) in [6, 6.07) is 5.36. The molecule has 0 atom stereocenters. The van der Waals surface area contributed by atoms with Crippen LogP contribution in [0.4, 0.5) is 19.0 Å². The molecule has 0 aliphatic carbocycles. The van der Waals surface area contributed by atoms with Gasteiger partial charge in [-0.25, -0.2) is 9.97 Å². The summed E-state index contributed by atoms with van der Waals surface area (Å²) in [5.74, 6) is 0.606. The predicted octanol–water partition coefficient (Wildman–Crippen LogP) is 3.10. The van der Waals surface area contributed by atoms with Gasteiger partial charge in [-0.1, -0.05) is 6.07 Å². The van der Waals surface area contributed by atoms with Gasteiger partial charge in [0.1, 0.15) is 11.5 Å². The van der Waals surface area contributed by atoms with Crippen LogP contribution >= 0.6 is 0 Å². The Morgan fingerprint density at radius 2 is 1.88 bits per heavy atom. The van der Waals surface area contributed by atoms with Gasteiger partial charge in [0.15, 0.2) is 12.1 Å². The molecule has 1 aliphatic rings. The normalized spacial score (nSPS) is 15.3. The zero-order chi connectivity index (χ0) is 24.6. The Morgan fingerprint density at radius 3 is 2.36 bits per heavy atom. The third-order valence-corrected chi connectivity index (χ3v) is 4.72. The van der Waals surface area contributed by atoms with Crippen LogP contribution < -0.4 is 11.1 Å². The van der Waals surface area contributed by atoms with Crippen LogP contribution in [-0.4, -0.2) is 50.7 Å². The number of nitrogens with one attached hydrogen (secondary N) is 1. The van der Waals surface area contributed by atoms with Crippen LogP contribution in [0.5, 0.6) is 0 Å². The molecule has 2 aromatic rings. The summed E-state index contributed by atoms with van der Waals surface area (Å²) in [7, 11) is 0. The number of nitrogen functional groups attached to an aromatic ring is 1. The van der Waals surface area contributed by atoms with E-state index in [9.17, 15) is 22.8 Å². The fourth-order valence-corrected chi connectivity index (χ4v) is 3.26. The largest absolute Gasteiger partial charge is 0.433 e. The number of pyridine rings is 1. The molecule has 1 saturated heterocycles. The highest BCUT2D eigenvalue weighted by Crippen LogP contribution is 2.26. The van der Waals surface area contributed by atoms with Crippen LogP contribution in [0.15, 0.2) is 30.5 Å². The number of carbonyl (C=O) groups excluding carboxylic acids is 2. The molecule has 2 aromatic heterocycles. The quantitative estimate of drug-likeness (QED) is 0.666. The van der Waals surface area contributed by atoms with Gasteiger partial charge in [0.2, 0.25) is 5.91 Å². The van der Waals surface area contributed by atoms with Crippen molar-refractivity contribution in [3.63, 3.8) is 0 Å². The fraction of sp³-hybridized carbons (Fsp3) is 0.500. The topological polar surface area (TPSA) is 114 Å². The van der Waals surface area contributed by atoms with E-state index in [2.05, 4.69) is 25.2 Å².